The summed E-state index contributed by atoms with van der Waals surface area (Å²) >= 11 is 0. The van der Waals surface area contributed by atoms with Gasteiger partial charge in [-0.2, -0.15) is 0 Å². The molecule has 17 heavy (non-hydrogen) atoms. The van der Waals surface area contributed by atoms with Gasteiger partial charge in [-0.1, -0.05) is 19.1 Å². The Balaban J connectivity index is 1.95. The second kappa shape index (κ2) is 5.21. The van der Waals surface area contributed by atoms with E-state index in [0.29, 0.717) is 12.5 Å². The van der Waals surface area contributed by atoms with E-state index in [9.17, 15) is 4.79 Å². The Kier molecular flexibility index (Phi) is 3.67. The van der Waals surface area contributed by atoms with E-state index in [-0.39, 0.29) is 12.0 Å². The van der Waals surface area contributed by atoms with E-state index < -0.39 is 0 Å². The third-order valence-electron chi connectivity index (χ3n) is 2.85. The van der Waals surface area contributed by atoms with E-state index in [1.807, 2.05) is 38.1 Å². The smallest absolute Gasteiger partial charge is 0.261 e. The molecule has 0 radical (unpaired) electrons. The molecule has 0 aromatic heterocycles. The number of ether oxygens (including phenoxy) is 1. The van der Waals surface area contributed by atoms with Gasteiger partial charge in [0.2, 0.25) is 0 Å². The first-order valence-corrected chi connectivity index (χ1v) is 6.22. The summed E-state index contributed by atoms with van der Waals surface area (Å²) in [5.74, 6) is 0.777. The second-order valence-corrected chi connectivity index (χ2v) is 4.61. The Hall–Kier alpha value is -1.51. The standard InChI is InChI=1S/C14H19NO2/c1-3-13(14(16)15-11-7-8-11)17-12-6-4-5-10(2)9-12/h4-6,9,11,13H,3,7-8H2,1-2H3,(H,15,16). The van der Waals surface area contributed by atoms with Gasteiger partial charge >= 0.3 is 0 Å². The van der Waals surface area contributed by atoms with Crippen molar-refractivity contribution in [1.82, 2.24) is 5.32 Å². The van der Waals surface area contributed by atoms with Crippen molar-refractivity contribution >= 4 is 5.91 Å². The molecule has 1 aromatic rings. The monoisotopic (exact) mass is 233 g/mol. The number of carbonyl (C=O) groups is 1. The van der Waals surface area contributed by atoms with E-state index in [2.05, 4.69) is 5.32 Å². The quantitative estimate of drug-likeness (QED) is 0.848. The molecule has 1 unspecified atom stereocenters. The van der Waals surface area contributed by atoms with Gasteiger partial charge in [-0.15, -0.1) is 0 Å². The van der Waals surface area contributed by atoms with Gasteiger partial charge in [-0.25, -0.2) is 0 Å². The Morgan fingerprint density at radius 1 is 1.53 bits per heavy atom. The Morgan fingerprint density at radius 2 is 2.29 bits per heavy atom. The number of rotatable bonds is 5. The summed E-state index contributed by atoms with van der Waals surface area (Å²) < 4.78 is 5.72. The number of hydrogen-bond donors (Lipinski definition) is 1. The van der Waals surface area contributed by atoms with Gasteiger partial charge in [0.25, 0.3) is 5.91 Å². The molecule has 1 atom stereocenters. The molecule has 1 aliphatic rings. The lowest BCUT2D eigenvalue weighted by molar-refractivity contribution is -0.128. The number of amides is 1. The number of aryl methyl sites for hydroxylation is 1. The van der Waals surface area contributed by atoms with E-state index in [1.54, 1.807) is 0 Å². The first-order valence-electron chi connectivity index (χ1n) is 6.22. The van der Waals surface area contributed by atoms with E-state index >= 15 is 0 Å². The first-order chi connectivity index (χ1) is 8.19. The van der Waals surface area contributed by atoms with Crippen LogP contribution in [0.4, 0.5) is 0 Å². The largest absolute Gasteiger partial charge is 0.481 e. The van der Waals surface area contributed by atoms with Crippen LogP contribution in [0.3, 0.4) is 0 Å². The predicted molar refractivity (Wildman–Crippen MR) is 67.1 cm³/mol. The minimum Gasteiger partial charge on any atom is -0.481 e. The minimum absolute atomic E-state index is 0.0107. The molecule has 1 amide bonds. The SMILES string of the molecule is CCC(Oc1cccc(C)c1)C(=O)NC1CC1. The van der Waals surface area contributed by atoms with Crippen LogP contribution in [0.2, 0.25) is 0 Å². The lowest BCUT2D eigenvalue weighted by Crippen LogP contribution is -2.39. The fraction of sp³-hybridized carbons (Fsp3) is 0.500. The summed E-state index contributed by atoms with van der Waals surface area (Å²) in [6.45, 7) is 3.98. The zero-order valence-electron chi connectivity index (χ0n) is 10.4. The van der Waals surface area contributed by atoms with Crippen LogP contribution in [-0.4, -0.2) is 18.1 Å². The first kappa shape index (κ1) is 12.0. The normalized spacial score (nSPS) is 16.4. The van der Waals surface area contributed by atoms with Crippen molar-refractivity contribution < 1.29 is 9.53 Å². The van der Waals surface area contributed by atoms with Crippen LogP contribution in [-0.2, 0) is 4.79 Å². The van der Waals surface area contributed by atoms with Gasteiger partial charge in [0.15, 0.2) is 6.10 Å². The molecule has 0 aliphatic heterocycles. The molecule has 92 valence electrons. The summed E-state index contributed by atoms with van der Waals surface area (Å²) in [6, 6.07) is 8.18. The van der Waals surface area contributed by atoms with Crippen molar-refractivity contribution in [2.45, 2.75) is 45.3 Å². The van der Waals surface area contributed by atoms with E-state index in [4.69, 9.17) is 4.74 Å². The van der Waals surface area contributed by atoms with Crippen molar-refractivity contribution in [3.8, 4) is 5.75 Å². The van der Waals surface area contributed by atoms with Gasteiger partial charge in [-0.05, 0) is 43.9 Å². The highest BCUT2D eigenvalue weighted by Gasteiger charge is 2.27. The molecule has 0 spiro atoms. The Labute approximate surface area is 102 Å². The predicted octanol–water partition coefficient (Wildman–Crippen LogP) is 2.43. The molecule has 0 heterocycles. The zero-order chi connectivity index (χ0) is 12.3. The maximum Gasteiger partial charge on any atom is 0.261 e. The van der Waals surface area contributed by atoms with Crippen LogP contribution in [0.15, 0.2) is 24.3 Å². The average Bonchev–Trinajstić information content (AvgIpc) is 3.09. The molecule has 1 N–H and O–H groups in total. The van der Waals surface area contributed by atoms with Gasteiger partial charge in [-0.3, -0.25) is 4.79 Å². The van der Waals surface area contributed by atoms with Crippen LogP contribution in [0.1, 0.15) is 31.7 Å². The minimum atomic E-state index is -0.377. The number of hydrogen-bond acceptors (Lipinski definition) is 2. The number of carbonyl (C=O) groups excluding carboxylic acids is 1. The third-order valence-corrected chi connectivity index (χ3v) is 2.85. The number of benzene rings is 1. The fourth-order valence-corrected chi connectivity index (χ4v) is 1.70. The van der Waals surface area contributed by atoms with Crippen molar-refractivity contribution in [3.05, 3.63) is 29.8 Å². The molecule has 3 nitrogen and oxygen atoms in total. The highest BCUT2D eigenvalue weighted by molar-refractivity contribution is 5.81. The molecule has 3 heteroatoms. The van der Waals surface area contributed by atoms with Crippen LogP contribution < -0.4 is 10.1 Å². The summed E-state index contributed by atoms with van der Waals surface area (Å²) in [5, 5.41) is 2.98. The molecule has 1 aromatic carbocycles. The topological polar surface area (TPSA) is 38.3 Å². The summed E-state index contributed by atoms with van der Waals surface area (Å²) in [6.07, 6.45) is 2.52. The van der Waals surface area contributed by atoms with Gasteiger partial charge in [0, 0.05) is 6.04 Å². The number of nitrogens with one attached hydrogen (secondary N) is 1. The third kappa shape index (κ3) is 3.48. The molecule has 1 fully saturated rings. The van der Waals surface area contributed by atoms with Crippen molar-refractivity contribution in [2.24, 2.45) is 0 Å². The average molecular weight is 233 g/mol. The Bertz CT molecular complexity index is 399. The van der Waals surface area contributed by atoms with E-state index in [1.165, 1.54) is 0 Å². The fourth-order valence-electron chi connectivity index (χ4n) is 1.70. The molecule has 1 aliphatic carbocycles. The Morgan fingerprint density at radius 3 is 2.88 bits per heavy atom. The summed E-state index contributed by atoms with van der Waals surface area (Å²) in [4.78, 5) is 11.9. The zero-order valence-corrected chi connectivity index (χ0v) is 10.4. The van der Waals surface area contributed by atoms with Gasteiger partial charge < -0.3 is 10.1 Å². The van der Waals surface area contributed by atoms with E-state index in [0.717, 1.165) is 24.2 Å². The maximum atomic E-state index is 11.9. The summed E-state index contributed by atoms with van der Waals surface area (Å²) in [5.41, 5.74) is 1.14. The van der Waals surface area contributed by atoms with Crippen LogP contribution in [0.25, 0.3) is 0 Å². The summed E-state index contributed by atoms with van der Waals surface area (Å²) in [7, 11) is 0. The molecule has 2 rings (SSSR count). The van der Waals surface area contributed by atoms with Crippen LogP contribution >= 0.6 is 0 Å². The molecule has 0 bridgehead atoms. The maximum absolute atomic E-state index is 11.9. The van der Waals surface area contributed by atoms with Crippen LogP contribution in [0, 0.1) is 6.92 Å². The van der Waals surface area contributed by atoms with Crippen molar-refractivity contribution in [1.29, 1.82) is 0 Å². The van der Waals surface area contributed by atoms with Crippen LogP contribution in [0.5, 0.6) is 5.75 Å². The lowest BCUT2D eigenvalue weighted by Gasteiger charge is -2.17. The molecular weight excluding hydrogens is 214 g/mol. The molecule has 0 saturated heterocycles. The van der Waals surface area contributed by atoms with Gasteiger partial charge in [0.05, 0.1) is 0 Å². The molecule has 1 saturated carbocycles. The highest BCUT2D eigenvalue weighted by atomic mass is 16.5. The van der Waals surface area contributed by atoms with Crippen molar-refractivity contribution in [2.75, 3.05) is 0 Å². The molecular formula is C14H19NO2. The van der Waals surface area contributed by atoms with Gasteiger partial charge in [0.1, 0.15) is 5.75 Å². The van der Waals surface area contributed by atoms with Crippen molar-refractivity contribution in [3.63, 3.8) is 0 Å². The second-order valence-electron chi connectivity index (χ2n) is 4.61. The lowest BCUT2D eigenvalue weighted by atomic mass is 10.2. The highest BCUT2D eigenvalue weighted by Crippen LogP contribution is 2.20.